The number of nitrogens with zero attached hydrogens (tertiary/aromatic N) is 1. The summed E-state index contributed by atoms with van der Waals surface area (Å²) in [5.74, 6) is -5.17. The number of hydrogen-bond acceptors (Lipinski definition) is 2. The maximum Gasteiger partial charge on any atom is 0.261 e. The van der Waals surface area contributed by atoms with Gasteiger partial charge in [-0.2, -0.15) is 0 Å². The lowest BCUT2D eigenvalue weighted by Crippen LogP contribution is -2.41. The number of carbonyl (C=O) groups is 1. The number of anilines is 1. The molecule has 3 nitrogen and oxygen atoms in total. The Hall–Kier alpha value is -2.34. The van der Waals surface area contributed by atoms with Crippen LogP contribution in [0.15, 0.2) is 42.5 Å². The van der Waals surface area contributed by atoms with Crippen LogP contribution in [-0.2, 0) is 4.74 Å². The van der Waals surface area contributed by atoms with E-state index < -0.39 is 28.9 Å². The predicted octanol–water partition coefficient (Wildman–Crippen LogP) is 3.54. The average molecular weight is 321 g/mol. The van der Waals surface area contributed by atoms with Crippen molar-refractivity contribution in [1.82, 2.24) is 0 Å². The first-order valence-electron chi connectivity index (χ1n) is 7.19. The Morgan fingerprint density at radius 1 is 1.04 bits per heavy atom. The smallest absolute Gasteiger partial charge is 0.261 e. The molecule has 0 unspecified atom stereocenters. The van der Waals surface area contributed by atoms with Crippen LogP contribution in [0.2, 0.25) is 0 Å². The molecule has 0 radical (unpaired) electrons. The summed E-state index contributed by atoms with van der Waals surface area (Å²) in [6.45, 7) is 0.799. The molecule has 1 aliphatic rings. The fourth-order valence-corrected chi connectivity index (χ4v) is 2.63. The monoisotopic (exact) mass is 321 g/mol. The second-order valence-corrected chi connectivity index (χ2v) is 5.25. The van der Waals surface area contributed by atoms with Crippen LogP contribution in [-0.4, -0.2) is 25.2 Å². The topological polar surface area (TPSA) is 29.5 Å². The largest absolute Gasteiger partial charge is 0.379 e. The van der Waals surface area contributed by atoms with Crippen LogP contribution in [0.4, 0.5) is 18.9 Å². The lowest BCUT2D eigenvalue weighted by molar-refractivity contribution is 0.0966. The Kier molecular flexibility index (Phi) is 4.34. The zero-order chi connectivity index (χ0) is 16.4. The molecule has 2 aromatic carbocycles. The summed E-state index contributed by atoms with van der Waals surface area (Å²) >= 11 is 0. The van der Waals surface area contributed by atoms with Gasteiger partial charge in [0.25, 0.3) is 5.91 Å². The highest BCUT2D eigenvalue weighted by Crippen LogP contribution is 2.26. The summed E-state index contributed by atoms with van der Waals surface area (Å²) in [5.41, 5.74) is 0.0526. The van der Waals surface area contributed by atoms with Gasteiger partial charge in [-0.1, -0.05) is 18.2 Å². The van der Waals surface area contributed by atoms with E-state index >= 15 is 0 Å². The van der Waals surface area contributed by atoms with Crippen molar-refractivity contribution in [3.05, 3.63) is 65.5 Å². The van der Waals surface area contributed by atoms with Crippen molar-refractivity contribution in [1.29, 1.82) is 0 Å². The molecule has 0 aromatic heterocycles. The molecule has 1 saturated heterocycles. The summed E-state index contributed by atoms with van der Waals surface area (Å²) in [7, 11) is 0. The third-order valence-corrected chi connectivity index (χ3v) is 3.79. The second-order valence-electron chi connectivity index (χ2n) is 5.25. The maximum atomic E-state index is 14.0. The molecule has 0 bridgehead atoms. The summed E-state index contributed by atoms with van der Waals surface area (Å²) in [5, 5.41) is 0. The highest BCUT2D eigenvalue weighted by molar-refractivity contribution is 6.06. The van der Waals surface area contributed by atoms with Crippen LogP contribution in [0.1, 0.15) is 16.8 Å². The van der Waals surface area contributed by atoms with Gasteiger partial charge in [0.05, 0.1) is 18.2 Å². The first-order chi connectivity index (χ1) is 11.1. The van der Waals surface area contributed by atoms with Gasteiger partial charge < -0.3 is 9.64 Å². The van der Waals surface area contributed by atoms with Gasteiger partial charge in [-0.15, -0.1) is 0 Å². The molecular weight excluding hydrogens is 307 g/mol. The van der Waals surface area contributed by atoms with Crippen molar-refractivity contribution in [2.45, 2.75) is 12.5 Å². The van der Waals surface area contributed by atoms with Crippen molar-refractivity contribution < 1.29 is 22.7 Å². The van der Waals surface area contributed by atoms with Crippen LogP contribution in [0.3, 0.4) is 0 Å². The van der Waals surface area contributed by atoms with E-state index in [4.69, 9.17) is 4.74 Å². The Morgan fingerprint density at radius 2 is 1.78 bits per heavy atom. The van der Waals surface area contributed by atoms with Gasteiger partial charge in [-0.05, 0) is 30.7 Å². The van der Waals surface area contributed by atoms with Crippen LogP contribution in [0, 0.1) is 17.5 Å². The molecular formula is C17H14F3NO2. The first kappa shape index (κ1) is 15.6. The lowest BCUT2D eigenvalue weighted by Gasteiger charge is -2.28. The van der Waals surface area contributed by atoms with Gasteiger partial charge in [-0.25, -0.2) is 13.2 Å². The van der Waals surface area contributed by atoms with E-state index in [0.717, 1.165) is 12.1 Å². The Labute approximate surface area is 131 Å². The molecule has 1 heterocycles. The number of benzene rings is 2. The fourth-order valence-electron chi connectivity index (χ4n) is 2.63. The second kappa shape index (κ2) is 6.42. The molecule has 1 amide bonds. The molecule has 1 atom stereocenters. The van der Waals surface area contributed by atoms with Crippen LogP contribution < -0.4 is 4.90 Å². The number of ether oxygens (including phenoxy) is 1. The normalized spacial score (nSPS) is 17.3. The number of hydrogen-bond donors (Lipinski definition) is 0. The summed E-state index contributed by atoms with van der Waals surface area (Å²) in [6, 6.07) is 10.1. The van der Waals surface area contributed by atoms with E-state index in [1.165, 1.54) is 4.90 Å². The average Bonchev–Trinajstić information content (AvgIpc) is 3.08. The van der Waals surface area contributed by atoms with Gasteiger partial charge in [0.15, 0.2) is 17.5 Å². The van der Waals surface area contributed by atoms with Crippen molar-refractivity contribution >= 4 is 11.6 Å². The summed E-state index contributed by atoms with van der Waals surface area (Å²) in [6.07, 6.45) is 0.589. The van der Waals surface area contributed by atoms with E-state index in [2.05, 4.69) is 0 Å². The molecule has 1 aliphatic heterocycles. The Morgan fingerprint density at radius 3 is 2.43 bits per heavy atom. The third kappa shape index (κ3) is 2.94. The Balaban J connectivity index is 2.03. The zero-order valence-corrected chi connectivity index (χ0v) is 12.1. The van der Waals surface area contributed by atoms with Crippen molar-refractivity contribution in [2.24, 2.45) is 0 Å². The van der Waals surface area contributed by atoms with Crippen molar-refractivity contribution in [2.75, 3.05) is 18.1 Å². The van der Waals surface area contributed by atoms with Gasteiger partial charge in [0.1, 0.15) is 0 Å². The molecule has 3 rings (SSSR count). The standard InChI is InChI=1S/C17H14F3NO2/c18-14-7-6-13(15(19)16(14)20)17(22)21(12-8-9-23-10-12)11-4-2-1-3-5-11/h1-7,12H,8-10H2/t12-/m0/s1. The van der Waals surface area contributed by atoms with E-state index in [1.807, 2.05) is 0 Å². The Bertz CT molecular complexity index is 715. The highest BCUT2D eigenvalue weighted by Gasteiger charge is 2.31. The zero-order valence-electron chi connectivity index (χ0n) is 12.1. The molecule has 2 aromatic rings. The van der Waals surface area contributed by atoms with Gasteiger partial charge in [0, 0.05) is 12.3 Å². The van der Waals surface area contributed by atoms with Gasteiger partial charge in [-0.3, -0.25) is 4.79 Å². The number of amides is 1. The van der Waals surface area contributed by atoms with Crippen molar-refractivity contribution in [3.8, 4) is 0 Å². The lowest BCUT2D eigenvalue weighted by atomic mass is 10.1. The third-order valence-electron chi connectivity index (χ3n) is 3.79. The highest BCUT2D eigenvalue weighted by atomic mass is 19.2. The number of para-hydroxylation sites is 1. The minimum absolute atomic E-state index is 0.280. The van der Waals surface area contributed by atoms with Crippen LogP contribution in [0.25, 0.3) is 0 Å². The van der Waals surface area contributed by atoms with Crippen LogP contribution in [0.5, 0.6) is 0 Å². The minimum atomic E-state index is -1.65. The predicted molar refractivity (Wildman–Crippen MR) is 78.8 cm³/mol. The maximum absolute atomic E-state index is 14.0. The fraction of sp³-hybridized carbons (Fsp3) is 0.235. The van der Waals surface area contributed by atoms with E-state index in [0.29, 0.717) is 25.3 Å². The SMILES string of the molecule is O=C(c1ccc(F)c(F)c1F)N(c1ccccc1)[C@H]1CCOC1. The quantitative estimate of drug-likeness (QED) is 0.809. The molecule has 0 aliphatic carbocycles. The summed E-state index contributed by atoms with van der Waals surface area (Å²) in [4.78, 5) is 14.1. The minimum Gasteiger partial charge on any atom is -0.379 e. The molecule has 0 saturated carbocycles. The van der Waals surface area contributed by atoms with E-state index in [1.54, 1.807) is 30.3 Å². The van der Waals surface area contributed by atoms with E-state index in [9.17, 15) is 18.0 Å². The molecule has 0 N–H and O–H groups in total. The van der Waals surface area contributed by atoms with Crippen LogP contribution >= 0.6 is 0 Å². The molecule has 6 heteroatoms. The molecule has 120 valence electrons. The first-order valence-corrected chi connectivity index (χ1v) is 7.19. The summed E-state index contributed by atoms with van der Waals surface area (Å²) < 4.78 is 45.8. The van der Waals surface area contributed by atoms with Gasteiger partial charge in [0.2, 0.25) is 0 Å². The number of halogens is 3. The number of rotatable bonds is 3. The molecule has 1 fully saturated rings. The number of carbonyl (C=O) groups excluding carboxylic acids is 1. The van der Waals surface area contributed by atoms with Gasteiger partial charge >= 0.3 is 0 Å². The van der Waals surface area contributed by atoms with Crippen molar-refractivity contribution in [3.63, 3.8) is 0 Å². The molecule has 0 spiro atoms. The molecule has 23 heavy (non-hydrogen) atoms. The van der Waals surface area contributed by atoms with E-state index in [-0.39, 0.29) is 6.04 Å².